The summed E-state index contributed by atoms with van der Waals surface area (Å²) in [4.78, 5) is 35.3. The van der Waals surface area contributed by atoms with Crippen molar-refractivity contribution >= 4 is 34.7 Å². The number of carbonyl (C=O) groups is 3. The summed E-state index contributed by atoms with van der Waals surface area (Å²) in [7, 11) is 1.50. The van der Waals surface area contributed by atoms with Gasteiger partial charge in [-0.1, -0.05) is 12.1 Å². The van der Waals surface area contributed by atoms with E-state index in [1.807, 2.05) is 0 Å². The summed E-state index contributed by atoms with van der Waals surface area (Å²) in [5, 5.41) is 2.58. The number of esters is 1. The lowest BCUT2D eigenvalue weighted by molar-refractivity contribution is -0.136. The van der Waals surface area contributed by atoms with E-state index in [-0.39, 0.29) is 24.5 Å². The van der Waals surface area contributed by atoms with Crippen molar-refractivity contribution in [2.75, 3.05) is 12.4 Å². The van der Waals surface area contributed by atoms with Crippen LogP contribution in [0.1, 0.15) is 31.2 Å². The standard InChI is InChI=1S/C20H20N2O7S/c1-12(23)21-14-4-3-5-16(10-14)29-30(26)22-19(24)8-13-9-20(25)28-18-11-15(27-2)6-7-17(13)18/h3-7,10-11,13H,8-9H2,1-2H3,(H,21,23)(H,22,24). The molecule has 1 heterocycles. The van der Waals surface area contributed by atoms with Gasteiger partial charge in [-0.05, 0) is 23.8 Å². The Morgan fingerprint density at radius 1 is 1.20 bits per heavy atom. The van der Waals surface area contributed by atoms with Crippen LogP contribution < -0.4 is 23.7 Å². The molecular formula is C20H20N2O7S. The van der Waals surface area contributed by atoms with Gasteiger partial charge >= 0.3 is 17.2 Å². The van der Waals surface area contributed by atoms with Crippen molar-refractivity contribution in [3.63, 3.8) is 0 Å². The molecule has 30 heavy (non-hydrogen) atoms. The summed E-state index contributed by atoms with van der Waals surface area (Å²) in [6.07, 6.45) is -0.0472. The van der Waals surface area contributed by atoms with Crippen LogP contribution in [0.4, 0.5) is 5.69 Å². The Bertz CT molecular complexity index is 1010. The Balaban J connectivity index is 1.61. The first kappa shape index (κ1) is 21.3. The molecule has 0 aliphatic carbocycles. The van der Waals surface area contributed by atoms with Gasteiger partial charge < -0.3 is 19.0 Å². The smallest absolute Gasteiger partial charge is 0.318 e. The number of ether oxygens (including phenoxy) is 2. The third-order valence-corrected chi connectivity index (χ3v) is 4.99. The highest BCUT2D eigenvalue weighted by Gasteiger charge is 2.29. The van der Waals surface area contributed by atoms with Crippen LogP contribution in [0.5, 0.6) is 17.2 Å². The molecule has 2 amide bonds. The zero-order chi connectivity index (χ0) is 21.7. The molecule has 1 aliphatic rings. The molecule has 2 aromatic rings. The van der Waals surface area contributed by atoms with Crippen LogP contribution in [0.3, 0.4) is 0 Å². The molecule has 2 unspecified atom stereocenters. The fourth-order valence-electron chi connectivity index (χ4n) is 3.02. The van der Waals surface area contributed by atoms with Gasteiger partial charge in [0.25, 0.3) is 0 Å². The normalized spacial score (nSPS) is 15.9. The molecule has 0 saturated heterocycles. The minimum Gasteiger partial charge on any atom is -0.497 e. The van der Waals surface area contributed by atoms with E-state index in [1.54, 1.807) is 30.3 Å². The molecule has 2 N–H and O–H groups in total. The van der Waals surface area contributed by atoms with E-state index in [1.165, 1.54) is 26.2 Å². The van der Waals surface area contributed by atoms with Gasteiger partial charge in [0.1, 0.15) is 17.2 Å². The topological polar surface area (TPSA) is 120 Å². The number of amides is 2. The molecule has 3 rings (SSSR count). The lowest BCUT2D eigenvalue weighted by Crippen LogP contribution is -2.31. The van der Waals surface area contributed by atoms with Crippen molar-refractivity contribution in [3.8, 4) is 17.2 Å². The predicted molar refractivity (Wildman–Crippen MR) is 108 cm³/mol. The number of hydrogen-bond acceptors (Lipinski definition) is 7. The first-order valence-corrected chi connectivity index (χ1v) is 10.1. The number of methoxy groups -OCH3 is 1. The highest BCUT2D eigenvalue weighted by atomic mass is 32.2. The van der Waals surface area contributed by atoms with Crippen LogP contribution in [0.25, 0.3) is 0 Å². The molecule has 2 aromatic carbocycles. The van der Waals surface area contributed by atoms with Gasteiger partial charge in [-0.25, -0.2) is 4.72 Å². The minimum atomic E-state index is -2.15. The summed E-state index contributed by atoms with van der Waals surface area (Å²) in [5.41, 5.74) is 1.16. The lowest BCUT2D eigenvalue weighted by atomic mass is 9.89. The SMILES string of the molecule is COc1ccc2c(c1)OC(=O)CC2CC(=O)NS(=O)Oc1cccc(NC(C)=O)c1. The van der Waals surface area contributed by atoms with E-state index >= 15 is 0 Å². The van der Waals surface area contributed by atoms with E-state index in [0.29, 0.717) is 22.7 Å². The van der Waals surface area contributed by atoms with Crippen molar-refractivity contribution < 1.29 is 32.2 Å². The maximum atomic E-state index is 12.3. The fraction of sp³-hybridized carbons (Fsp3) is 0.250. The highest BCUT2D eigenvalue weighted by Crippen LogP contribution is 2.38. The molecule has 1 aliphatic heterocycles. The molecule has 2 atom stereocenters. The van der Waals surface area contributed by atoms with Crippen LogP contribution in [0.2, 0.25) is 0 Å². The molecule has 0 radical (unpaired) electrons. The average Bonchev–Trinajstić information content (AvgIpc) is 2.66. The van der Waals surface area contributed by atoms with Gasteiger partial charge in [0, 0.05) is 37.1 Å². The molecule has 0 aromatic heterocycles. The van der Waals surface area contributed by atoms with Crippen molar-refractivity contribution in [2.45, 2.75) is 25.7 Å². The third-order valence-electron chi connectivity index (χ3n) is 4.25. The minimum absolute atomic E-state index is 0.0268. The van der Waals surface area contributed by atoms with Crippen LogP contribution in [-0.4, -0.2) is 29.1 Å². The largest absolute Gasteiger partial charge is 0.497 e. The molecule has 158 valence electrons. The molecular weight excluding hydrogens is 412 g/mol. The predicted octanol–water partition coefficient (Wildman–Crippen LogP) is 2.21. The van der Waals surface area contributed by atoms with Crippen LogP contribution in [0.15, 0.2) is 42.5 Å². The Kier molecular flexibility index (Phi) is 6.68. The number of rotatable bonds is 7. The Morgan fingerprint density at radius 2 is 2.00 bits per heavy atom. The number of benzene rings is 2. The number of nitrogens with one attached hydrogen (secondary N) is 2. The molecule has 0 spiro atoms. The van der Waals surface area contributed by atoms with E-state index in [2.05, 4.69) is 10.0 Å². The lowest BCUT2D eigenvalue weighted by Gasteiger charge is -2.24. The highest BCUT2D eigenvalue weighted by molar-refractivity contribution is 7.79. The van der Waals surface area contributed by atoms with E-state index in [4.69, 9.17) is 13.7 Å². The average molecular weight is 432 g/mol. The molecule has 0 bridgehead atoms. The van der Waals surface area contributed by atoms with Gasteiger partial charge in [-0.3, -0.25) is 14.4 Å². The Morgan fingerprint density at radius 3 is 2.73 bits per heavy atom. The van der Waals surface area contributed by atoms with E-state index < -0.39 is 29.1 Å². The summed E-state index contributed by atoms with van der Waals surface area (Å²) in [6, 6.07) is 11.3. The van der Waals surface area contributed by atoms with Crippen LogP contribution >= 0.6 is 0 Å². The number of hydrogen-bond donors (Lipinski definition) is 2. The summed E-state index contributed by atoms with van der Waals surface area (Å²) < 4.78 is 29.9. The van der Waals surface area contributed by atoms with Gasteiger partial charge in [-0.2, -0.15) is 4.21 Å². The fourth-order valence-corrected chi connectivity index (χ4v) is 3.61. The number of anilines is 1. The van der Waals surface area contributed by atoms with Crippen molar-refractivity contribution in [2.24, 2.45) is 0 Å². The number of carbonyl (C=O) groups excluding carboxylic acids is 3. The Hall–Kier alpha value is -3.40. The summed E-state index contributed by atoms with van der Waals surface area (Å²) >= 11 is -2.15. The molecule has 0 fully saturated rings. The van der Waals surface area contributed by atoms with Gasteiger partial charge in [0.15, 0.2) is 0 Å². The van der Waals surface area contributed by atoms with Gasteiger partial charge in [0.2, 0.25) is 11.8 Å². The second-order valence-corrected chi connectivity index (χ2v) is 7.38. The van der Waals surface area contributed by atoms with E-state index in [0.717, 1.165) is 0 Å². The second kappa shape index (κ2) is 9.40. The third kappa shape index (κ3) is 5.57. The van der Waals surface area contributed by atoms with Crippen molar-refractivity contribution in [3.05, 3.63) is 48.0 Å². The number of fused-ring (bicyclic) bond motifs is 1. The van der Waals surface area contributed by atoms with Gasteiger partial charge in [-0.15, -0.1) is 0 Å². The summed E-state index contributed by atoms with van der Waals surface area (Å²) in [6.45, 7) is 1.36. The van der Waals surface area contributed by atoms with Crippen molar-refractivity contribution in [1.82, 2.24) is 4.72 Å². The maximum Gasteiger partial charge on any atom is 0.318 e. The molecule has 10 heteroatoms. The first-order valence-electron chi connectivity index (χ1n) is 9.00. The molecule has 0 saturated carbocycles. The summed E-state index contributed by atoms with van der Waals surface area (Å²) in [5.74, 6) is -0.608. The van der Waals surface area contributed by atoms with Crippen LogP contribution in [-0.2, 0) is 25.7 Å². The Labute approximate surface area is 175 Å². The zero-order valence-corrected chi connectivity index (χ0v) is 17.1. The maximum absolute atomic E-state index is 12.3. The first-order chi connectivity index (χ1) is 14.3. The monoisotopic (exact) mass is 432 g/mol. The zero-order valence-electron chi connectivity index (χ0n) is 16.3. The van der Waals surface area contributed by atoms with E-state index in [9.17, 15) is 18.6 Å². The van der Waals surface area contributed by atoms with Gasteiger partial charge in [0.05, 0.1) is 13.5 Å². The molecule has 9 nitrogen and oxygen atoms in total. The quantitative estimate of drug-likeness (QED) is 0.508. The van der Waals surface area contributed by atoms with Crippen LogP contribution in [0, 0.1) is 0 Å². The van der Waals surface area contributed by atoms with Crippen molar-refractivity contribution in [1.29, 1.82) is 0 Å². The second-order valence-electron chi connectivity index (χ2n) is 6.54.